The molecule has 3 rings (SSSR count). The monoisotopic (exact) mass is 412 g/mol. The molecule has 0 spiro atoms. The summed E-state index contributed by atoms with van der Waals surface area (Å²) in [6.07, 6.45) is 0.586. The van der Waals surface area contributed by atoms with Gasteiger partial charge in [-0.15, -0.1) is 0 Å². The minimum Gasteiger partial charge on any atom is -0.497 e. The van der Waals surface area contributed by atoms with Crippen molar-refractivity contribution in [2.45, 2.75) is 13.0 Å². The van der Waals surface area contributed by atoms with Crippen LogP contribution in [0.2, 0.25) is 0 Å². The van der Waals surface area contributed by atoms with E-state index in [1.165, 1.54) is 18.8 Å². The molecule has 9 nitrogen and oxygen atoms in total. The number of para-hydroxylation sites is 2. The molecule has 0 fully saturated rings. The SMILES string of the molecule is COc1ccc(OC)c(C(O)CNC(=O)Nc2ccccc2-n2c(C)c[nH]c2=O)c1. The van der Waals surface area contributed by atoms with Gasteiger partial charge in [-0.2, -0.15) is 0 Å². The average molecular weight is 412 g/mol. The van der Waals surface area contributed by atoms with E-state index in [0.717, 1.165) is 0 Å². The number of urea groups is 1. The fourth-order valence-corrected chi connectivity index (χ4v) is 3.09. The normalized spacial score (nSPS) is 11.6. The van der Waals surface area contributed by atoms with Gasteiger partial charge in [0, 0.05) is 24.0 Å². The maximum atomic E-state index is 12.4. The molecule has 0 saturated heterocycles. The van der Waals surface area contributed by atoms with Crippen molar-refractivity contribution in [1.82, 2.24) is 14.9 Å². The molecular weight excluding hydrogens is 388 g/mol. The van der Waals surface area contributed by atoms with E-state index in [4.69, 9.17) is 9.47 Å². The number of rotatable bonds is 7. The molecule has 158 valence electrons. The van der Waals surface area contributed by atoms with E-state index in [0.29, 0.717) is 34.1 Å². The number of ether oxygens (including phenoxy) is 2. The van der Waals surface area contributed by atoms with Crippen molar-refractivity contribution in [3.63, 3.8) is 0 Å². The lowest BCUT2D eigenvalue weighted by Gasteiger charge is -2.17. The number of hydrogen-bond acceptors (Lipinski definition) is 5. The maximum absolute atomic E-state index is 12.4. The predicted octanol–water partition coefficient (Wildman–Crippen LogP) is 2.35. The first-order chi connectivity index (χ1) is 14.4. The van der Waals surface area contributed by atoms with Gasteiger partial charge in [0.05, 0.1) is 25.6 Å². The molecule has 0 bridgehead atoms. The molecule has 4 N–H and O–H groups in total. The van der Waals surface area contributed by atoms with Crippen LogP contribution in [0.15, 0.2) is 53.5 Å². The summed E-state index contributed by atoms with van der Waals surface area (Å²) in [6.45, 7) is 1.73. The number of aromatic amines is 1. The van der Waals surface area contributed by atoms with Gasteiger partial charge in [-0.3, -0.25) is 4.57 Å². The third kappa shape index (κ3) is 4.47. The Balaban J connectivity index is 1.71. The standard InChI is InChI=1S/C21H24N4O5/c1-13-11-23-21(28)25(13)17-7-5-4-6-16(17)24-20(27)22-12-18(26)15-10-14(29-2)8-9-19(15)30-3/h4-11,18,26H,12H2,1-3H3,(H,23,28)(H2,22,24,27). The molecule has 1 unspecified atom stereocenters. The Morgan fingerprint density at radius 1 is 1.20 bits per heavy atom. The molecule has 2 amide bonds. The average Bonchev–Trinajstić information content (AvgIpc) is 3.09. The van der Waals surface area contributed by atoms with Crippen LogP contribution in [0.25, 0.3) is 5.69 Å². The summed E-state index contributed by atoms with van der Waals surface area (Å²) in [6, 6.07) is 11.5. The second-order valence-electron chi connectivity index (χ2n) is 6.55. The highest BCUT2D eigenvalue weighted by atomic mass is 16.5. The van der Waals surface area contributed by atoms with Crippen LogP contribution in [0.3, 0.4) is 0 Å². The Morgan fingerprint density at radius 3 is 2.63 bits per heavy atom. The fraction of sp³-hybridized carbons (Fsp3) is 0.238. The highest BCUT2D eigenvalue weighted by Crippen LogP contribution is 2.29. The van der Waals surface area contributed by atoms with E-state index in [1.54, 1.807) is 55.6 Å². The van der Waals surface area contributed by atoms with Gasteiger partial charge < -0.3 is 30.2 Å². The second kappa shape index (κ2) is 9.19. The van der Waals surface area contributed by atoms with E-state index in [-0.39, 0.29) is 12.2 Å². The predicted molar refractivity (Wildman–Crippen MR) is 113 cm³/mol. The Hall–Kier alpha value is -3.72. The van der Waals surface area contributed by atoms with Gasteiger partial charge in [0.2, 0.25) is 0 Å². The topological polar surface area (TPSA) is 118 Å². The van der Waals surface area contributed by atoms with E-state index in [2.05, 4.69) is 15.6 Å². The number of aromatic nitrogens is 2. The van der Waals surface area contributed by atoms with Gasteiger partial charge in [-0.05, 0) is 37.3 Å². The number of nitrogens with zero attached hydrogens (tertiary/aromatic N) is 1. The number of anilines is 1. The molecule has 9 heteroatoms. The Labute approximate surface area is 173 Å². The van der Waals surface area contributed by atoms with Crippen molar-refractivity contribution in [2.24, 2.45) is 0 Å². The molecule has 3 aromatic rings. The van der Waals surface area contributed by atoms with Gasteiger partial charge in [0.25, 0.3) is 0 Å². The van der Waals surface area contributed by atoms with Crippen LogP contribution in [0.5, 0.6) is 11.5 Å². The first-order valence-electron chi connectivity index (χ1n) is 9.26. The molecule has 0 radical (unpaired) electrons. The second-order valence-corrected chi connectivity index (χ2v) is 6.55. The molecule has 1 atom stereocenters. The lowest BCUT2D eigenvalue weighted by Crippen LogP contribution is -2.33. The van der Waals surface area contributed by atoms with Gasteiger partial charge in [0.15, 0.2) is 0 Å². The number of aliphatic hydroxyl groups excluding tert-OH is 1. The smallest absolute Gasteiger partial charge is 0.330 e. The molecule has 0 aliphatic rings. The van der Waals surface area contributed by atoms with Crippen molar-refractivity contribution in [2.75, 3.05) is 26.1 Å². The van der Waals surface area contributed by atoms with Gasteiger partial charge in [0.1, 0.15) is 17.6 Å². The number of amides is 2. The van der Waals surface area contributed by atoms with Crippen molar-refractivity contribution in [3.8, 4) is 17.2 Å². The fourth-order valence-electron chi connectivity index (χ4n) is 3.09. The molecule has 0 aliphatic carbocycles. The molecule has 2 aromatic carbocycles. The quantitative estimate of drug-likeness (QED) is 0.475. The van der Waals surface area contributed by atoms with Crippen LogP contribution in [-0.4, -0.2) is 41.5 Å². The summed E-state index contributed by atoms with van der Waals surface area (Å²) in [4.78, 5) is 27.1. The number of carbonyl (C=O) groups is 1. The molecule has 30 heavy (non-hydrogen) atoms. The first kappa shape index (κ1) is 21.0. The molecule has 0 aliphatic heterocycles. The van der Waals surface area contributed by atoms with E-state index >= 15 is 0 Å². The van der Waals surface area contributed by atoms with E-state index < -0.39 is 12.1 Å². The lowest BCUT2D eigenvalue weighted by atomic mass is 10.1. The molecule has 1 aromatic heterocycles. The zero-order valence-corrected chi connectivity index (χ0v) is 16.9. The van der Waals surface area contributed by atoms with Crippen LogP contribution in [0.4, 0.5) is 10.5 Å². The number of H-pyrrole nitrogens is 1. The minimum absolute atomic E-state index is 0.0549. The van der Waals surface area contributed by atoms with Crippen LogP contribution in [0.1, 0.15) is 17.4 Å². The van der Waals surface area contributed by atoms with Gasteiger partial charge in [-0.25, -0.2) is 9.59 Å². The van der Waals surface area contributed by atoms with Gasteiger partial charge in [-0.1, -0.05) is 12.1 Å². The van der Waals surface area contributed by atoms with E-state index in [1.807, 2.05) is 0 Å². The molecular formula is C21H24N4O5. The minimum atomic E-state index is -1.01. The zero-order valence-electron chi connectivity index (χ0n) is 16.9. The van der Waals surface area contributed by atoms with Crippen molar-refractivity contribution in [3.05, 3.63) is 70.4 Å². The molecule has 0 saturated carbocycles. The third-order valence-corrected chi connectivity index (χ3v) is 4.61. The highest BCUT2D eigenvalue weighted by molar-refractivity contribution is 5.91. The first-order valence-corrected chi connectivity index (χ1v) is 9.26. The highest BCUT2D eigenvalue weighted by Gasteiger charge is 2.17. The number of methoxy groups -OCH3 is 2. The van der Waals surface area contributed by atoms with E-state index in [9.17, 15) is 14.7 Å². The molecule has 1 heterocycles. The van der Waals surface area contributed by atoms with Gasteiger partial charge >= 0.3 is 11.7 Å². The van der Waals surface area contributed by atoms with Crippen LogP contribution in [-0.2, 0) is 0 Å². The van der Waals surface area contributed by atoms with Crippen LogP contribution < -0.4 is 25.8 Å². The van der Waals surface area contributed by atoms with Crippen molar-refractivity contribution in [1.29, 1.82) is 0 Å². The zero-order chi connectivity index (χ0) is 21.7. The Kier molecular flexibility index (Phi) is 6.43. The number of benzene rings is 2. The largest absolute Gasteiger partial charge is 0.497 e. The third-order valence-electron chi connectivity index (χ3n) is 4.61. The maximum Gasteiger partial charge on any atom is 0.330 e. The summed E-state index contributed by atoms with van der Waals surface area (Å²) in [5.41, 5.74) is 1.88. The Morgan fingerprint density at radius 2 is 1.97 bits per heavy atom. The number of aryl methyl sites for hydroxylation is 1. The van der Waals surface area contributed by atoms with Crippen LogP contribution >= 0.6 is 0 Å². The van der Waals surface area contributed by atoms with Crippen LogP contribution in [0, 0.1) is 6.92 Å². The lowest BCUT2D eigenvalue weighted by molar-refractivity contribution is 0.170. The number of hydrogen-bond donors (Lipinski definition) is 4. The summed E-state index contributed by atoms with van der Waals surface area (Å²) in [5, 5.41) is 15.9. The summed E-state index contributed by atoms with van der Waals surface area (Å²) in [7, 11) is 3.03. The summed E-state index contributed by atoms with van der Waals surface area (Å²) in [5.74, 6) is 1.05. The number of imidazole rings is 1. The number of carbonyl (C=O) groups excluding carboxylic acids is 1. The van der Waals surface area contributed by atoms with Crippen molar-refractivity contribution >= 4 is 11.7 Å². The summed E-state index contributed by atoms with van der Waals surface area (Å²) >= 11 is 0. The number of aliphatic hydroxyl groups is 1. The summed E-state index contributed by atoms with van der Waals surface area (Å²) < 4.78 is 11.9. The Bertz CT molecular complexity index is 1090. The van der Waals surface area contributed by atoms with Crippen molar-refractivity contribution < 1.29 is 19.4 Å². The number of nitrogens with one attached hydrogen (secondary N) is 3.